The summed E-state index contributed by atoms with van der Waals surface area (Å²) in [6.07, 6.45) is 0. The molecule has 174 valence electrons. The quantitative estimate of drug-likeness (QED) is 0.354. The Morgan fingerprint density at radius 2 is 1.94 bits per heavy atom. The van der Waals surface area contributed by atoms with Crippen molar-refractivity contribution in [2.24, 2.45) is 5.73 Å². The molecule has 5 aromatic rings. The maximum atomic E-state index is 13.1. The first-order valence-electron chi connectivity index (χ1n) is 10.6. The third-order valence-electron chi connectivity index (χ3n) is 5.65. The molecule has 0 aliphatic rings. The molecule has 4 N–H and O–H groups in total. The van der Waals surface area contributed by atoms with Crippen molar-refractivity contribution >= 4 is 39.0 Å². The zero-order valence-corrected chi connectivity index (χ0v) is 18.7. The van der Waals surface area contributed by atoms with Crippen LogP contribution in [0.3, 0.4) is 0 Å². The summed E-state index contributed by atoms with van der Waals surface area (Å²) < 4.78 is 18.8. The Morgan fingerprint density at radius 3 is 2.65 bits per heavy atom. The van der Waals surface area contributed by atoms with Gasteiger partial charge in [-0.25, -0.2) is 0 Å². The molecule has 10 heteroatoms. The zero-order chi connectivity index (χ0) is 24.1. The number of amides is 1. The lowest BCUT2D eigenvalue weighted by molar-refractivity contribution is -0.119. The monoisotopic (exact) mass is 462 g/mol. The van der Waals surface area contributed by atoms with Crippen molar-refractivity contribution in [3.63, 3.8) is 0 Å². The number of aromatic amines is 2. The molecular formula is C24H22N4O6. The number of ether oxygens (including phenoxy) is 2. The van der Waals surface area contributed by atoms with Crippen molar-refractivity contribution in [3.8, 4) is 22.6 Å². The van der Waals surface area contributed by atoms with Gasteiger partial charge in [-0.1, -0.05) is 6.07 Å². The summed E-state index contributed by atoms with van der Waals surface area (Å²) >= 11 is 0. The first kappa shape index (κ1) is 21.4. The van der Waals surface area contributed by atoms with E-state index in [1.54, 1.807) is 28.9 Å². The van der Waals surface area contributed by atoms with Gasteiger partial charge in [0, 0.05) is 23.1 Å². The second-order valence-corrected chi connectivity index (χ2v) is 8.21. The minimum Gasteiger partial charge on any atom is -0.493 e. The van der Waals surface area contributed by atoms with Crippen molar-refractivity contribution in [3.05, 3.63) is 57.0 Å². The standard InChI is InChI=1S/C24H22N4O6/c1-11(2)28-23-20(24(31)27-28)19(12-4-7-15(32-3)17(8-12)33-10-18(25)30)22-21(26-23)14-6-5-13(29)9-16(14)34-22/h4-9,11,26H,10H2,1-3H3,(H2,25,30)(H,27,31). The summed E-state index contributed by atoms with van der Waals surface area (Å²) in [7, 11) is 1.48. The summed E-state index contributed by atoms with van der Waals surface area (Å²) in [5.41, 5.74) is 7.88. The maximum absolute atomic E-state index is 13.1. The van der Waals surface area contributed by atoms with E-state index in [2.05, 4.69) is 10.1 Å². The highest BCUT2D eigenvalue weighted by molar-refractivity contribution is 6.14. The van der Waals surface area contributed by atoms with Crippen molar-refractivity contribution in [1.82, 2.24) is 14.8 Å². The number of hydrogen-bond donors (Lipinski definition) is 3. The molecular weight excluding hydrogens is 440 g/mol. The minimum atomic E-state index is -0.636. The molecule has 0 radical (unpaired) electrons. The Labute approximate surface area is 191 Å². The number of aromatic nitrogens is 3. The van der Waals surface area contributed by atoms with E-state index in [1.165, 1.54) is 19.2 Å². The number of pyridine rings is 1. The predicted molar refractivity (Wildman–Crippen MR) is 128 cm³/mol. The van der Waals surface area contributed by atoms with Crippen LogP contribution in [0.15, 0.2) is 50.4 Å². The van der Waals surface area contributed by atoms with Crippen LogP contribution in [0, 0.1) is 0 Å². The fourth-order valence-electron chi connectivity index (χ4n) is 4.17. The lowest BCUT2D eigenvalue weighted by Crippen LogP contribution is -2.20. The van der Waals surface area contributed by atoms with E-state index in [0.29, 0.717) is 50.0 Å². The molecule has 3 heterocycles. The number of furan rings is 1. The number of H-pyrrole nitrogens is 2. The van der Waals surface area contributed by atoms with Gasteiger partial charge in [0.05, 0.1) is 18.0 Å². The van der Waals surface area contributed by atoms with E-state index in [1.807, 2.05) is 13.8 Å². The highest BCUT2D eigenvalue weighted by Gasteiger charge is 2.23. The molecule has 0 aliphatic carbocycles. The third-order valence-corrected chi connectivity index (χ3v) is 5.65. The smallest absolute Gasteiger partial charge is 0.274 e. The van der Waals surface area contributed by atoms with Crippen LogP contribution < -0.4 is 26.2 Å². The predicted octanol–water partition coefficient (Wildman–Crippen LogP) is 3.04. The second-order valence-electron chi connectivity index (χ2n) is 8.21. The van der Waals surface area contributed by atoms with E-state index in [4.69, 9.17) is 19.6 Å². The van der Waals surface area contributed by atoms with Crippen molar-refractivity contribution in [1.29, 1.82) is 0 Å². The second kappa shape index (κ2) is 7.84. The number of rotatable bonds is 6. The summed E-state index contributed by atoms with van der Waals surface area (Å²) in [4.78, 5) is 39.7. The number of benzene rings is 2. The lowest BCUT2D eigenvalue weighted by atomic mass is 10.0. The lowest BCUT2D eigenvalue weighted by Gasteiger charge is -2.13. The molecule has 5 rings (SSSR count). The van der Waals surface area contributed by atoms with E-state index in [9.17, 15) is 14.4 Å². The number of nitrogens with two attached hydrogens (primary N) is 1. The molecule has 0 bridgehead atoms. The van der Waals surface area contributed by atoms with Crippen LogP contribution in [0.5, 0.6) is 11.5 Å². The van der Waals surface area contributed by atoms with E-state index >= 15 is 0 Å². The molecule has 0 atom stereocenters. The number of carbonyl (C=O) groups is 1. The van der Waals surface area contributed by atoms with Gasteiger partial charge in [-0.15, -0.1) is 0 Å². The van der Waals surface area contributed by atoms with Gasteiger partial charge in [0.15, 0.2) is 29.1 Å². The van der Waals surface area contributed by atoms with Crippen LogP contribution in [0.1, 0.15) is 19.9 Å². The highest BCUT2D eigenvalue weighted by atomic mass is 16.5. The topological polar surface area (TPSA) is 145 Å². The number of nitrogens with one attached hydrogen (secondary N) is 2. The molecule has 2 aromatic carbocycles. The number of hydrogen-bond acceptors (Lipinski definition) is 6. The van der Waals surface area contributed by atoms with Gasteiger partial charge in [0.25, 0.3) is 11.5 Å². The molecule has 0 aliphatic heterocycles. The molecule has 0 spiro atoms. The molecule has 0 fully saturated rings. The van der Waals surface area contributed by atoms with Crippen LogP contribution in [0.2, 0.25) is 0 Å². The van der Waals surface area contributed by atoms with Crippen LogP contribution >= 0.6 is 0 Å². The summed E-state index contributed by atoms with van der Waals surface area (Å²) in [6, 6.07) is 9.63. The van der Waals surface area contributed by atoms with Gasteiger partial charge in [0.2, 0.25) is 0 Å². The number of carbonyl (C=O) groups excluding carboxylic acids is 1. The van der Waals surface area contributed by atoms with Crippen molar-refractivity contribution in [2.75, 3.05) is 13.7 Å². The Balaban J connectivity index is 1.91. The van der Waals surface area contributed by atoms with Crippen molar-refractivity contribution in [2.45, 2.75) is 19.9 Å². The first-order chi connectivity index (χ1) is 16.3. The van der Waals surface area contributed by atoms with Crippen LogP contribution in [-0.2, 0) is 4.79 Å². The zero-order valence-electron chi connectivity index (χ0n) is 18.7. The normalized spacial score (nSPS) is 11.6. The van der Waals surface area contributed by atoms with Gasteiger partial charge in [-0.3, -0.25) is 24.2 Å². The molecule has 0 saturated carbocycles. The fraction of sp³-hybridized carbons (Fsp3) is 0.208. The average Bonchev–Trinajstić information content (AvgIpc) is 3.33. The molecule has 0 saturated heterocycles. The van der Waals surface area contributed by atoms with Gasteiger partial charge >= 0.3 is 0 Å². The minimum absolute atomic E-state index is 0.0384. The van der Waals surface area contributed by atoms with Gasteiger partial charge in [0.1, 0.15) is 11.2 Å². The van der Waals surface area contributed by atoms with Crippen LogP contribution in [0.25, 0.3) is 44.2 Å². The number of primary amides is 1. The molecule has 3 aromatic heterocycles. The molecule has 34 heavy (non-hydrogen) atoms. The number of fused-ring (bicyclic) bond motifs is 4. The summed E-state index contributed by atoms with van der Waals surface area (Å²) in [6.45, 7) is 3.56. The van der Waals surface area contributed by atoms with E-state index < -0.39 is 5.91 Å². The summed E-state index contributed by atoms with van der Waals surface area (Å²) in [5, 5.41) is 3.97. The Hall–Kier alpha value is -4.47. The molecule has 0 unspecified atom stereocenters. The Morgan fingerprint density at radius 1 is 1.15 bits per heavy atom. The van der Waals surface area contributed by atoms with Crippen LogP contribution in [0.4, 0.5) is 0 Å². The van der Waals surface area contributed by atoms with Crippen molar-refractivity contribution < 1.29 is 18.7 Å². The van der Waals surface area contributed by atoms with Crippen LogP contribution in [-0.4, -0.2) is 34.4 Å². The van der Waals surface area contributed by atoms with Gasteiger partial charge < -0.3 is 24.6 Å². The Bertz CT molecular complexity index is 1700. The van der Waals surface area contributed by atoms with E-state index in [-0.39, 0.29) is 29.4 Å². The SMILES string of the molecule is COc1ccc(-c2c3oc4cc(=O)ccc4c3[nH]c3c2c(=O)[nH]n3C(C)C)cc1OCC(N)=O. The first-order valence-corrected chi connectivity index (χ1v) is 10.6. The number of methoxy groups -OCH3 is 1. The fourth-order valence-corrected chi connectivity index (χ4v) is 4.17. The van der Waals surface area contributed by atoms with Gasteiger partial charge in [-0.05, 0) is 43.7 Å². The third kappa shape index (κ3) is 3.31. The largest absolute Gasteiger partial charge is 0.493 e. The molecule has 10 nitrogen and oxygen atoms in total. The summed E-state index contributed by atoms with van der Waals surface area (Å²) in [5.74, 6) is 0.0440. The number of nitrogens with zero attached hydrogens (tertiary/aromatic N) is 1. The maximum Gasteiger partial charge on any atom is 0.274 e. The van der Waals surface area contributed by atoms with Gasteiger partial charge in [-0.2, -0.15) is 0 Å². The highest BCUT2D eigenvalue weighted by Crippen LogP contribution is 2.41. The average molecular weight is 462 g/mol. The Kier molecular flexibility index (Phi) is 4.93. The van der Waals surface area contributed by atoms with E-state index in [0.717, 1.165) is 0 Å². The molecule has 1 amide bonds.